The molecule has 5 nitrogen and oxygen atoms in total. The van der Waals surface area contributed by atoms with Gasteiger partial charge in [-0.05, 0) is 25.0 Å². The van der Waals surface area contributed by atoms with Crippen LogP contribution < -0.4 is 5.32 Å². The number of rotatable bonds is 3. The van der Waals surface area contributed by atoms with E-state index in [1.807, 2.05) is 27.0 Å². The van der Waals surface area contributed by atoms with Crippen molar-refractivity contribution in [3.63, 3.8) is 0 Å². The maximum absolute atomic E-state index is 12.3. The van der Waals surface area contributed by atoms with Crippen LogP contribution in [0.4, 0.5) is 5.69 Å². The molecule has 2 aromatic heterocycles. The Balaban J connectivity index is 2.20. The highest BCUT2D eigenvalue weighted by molar-refractivity contribution is 7.14. The molecule has 0 radical (unpaired) electrons. The van der Waals surface area contributed by atoms with Crippen LogP contribution in [0.3, 0.4) is 0 Å². The number of nitrogens with zero attached hydrogens (tertiary/aromatic N) is 2. The van der Waals surface area contributed by atoms with Crippen molar-refractivity contribution in [2.45, 2.75) is 20.3 Å². The topological polar surface area (TPSA) is 67.2 Å². The second kappa shape index (κ2) is 6.57. The number of aliphatic hydroxyl groups excluding tert-OH is 1. The molecule has 0 fully saturated rings. The van der Waals surface area contributed by atoms with E-state index in [2.05, 4.69) is 22.3 Å². The van der Waals surface area contributed by atoms with Crippen LogP contribution in [0.1, 0.15) is 32.7 Å². The molecule has 0 aliphatic carbocycles. The van der Waals surface area contributed by atoms with Crippen molar-refractivity contribution in [1.29, 1.82) is 0 Å². The summed E-state index contributed by atoms with van der Waals surface area (Å²) in [6.45, 7) is 3.71. The minimum absolute atomic E-state index is 0.164. The van der Waals surface area contributed by atoms with Gasteiger partial charge in [0.1, 0.15) is 6.61 Å². The lowest BCUT2D eigenvalue weighted by molar-refractivity contribution is 0.103. The van der Waals surface area contributed by atoms with Crippen LogP contribution in [0.15, 0.2) is 12.3 Å². The van der Waals surface area contributed by atoms with Gasteiger partial charge >= 0.3 is 0 Å². The number of aliphatic hydroxyl groups is 1. The Morgan fingerprint density at radius 2 is 2.33 bits per heavy atom. The number of aryl methyl sites for hydroxylation is 3. The van der Waals surface area contributed by atoms with Crippen LogP contribution in [-0.2, 0) is 13.5 Å². The lowest BCUT2D eigenvalue weighted by Crippen LogP contribution is -2.10. The molecule has 0 unspecified atom stereocenters. The Labute approximate surface area is 127 Å². The molecule has 0 aliphatic rings. The highest BCUT2D eigenvalue weighted by Crippen LogP contribution is 2.23. The van der Waals surface area contributed by atoms with E-state index < -0.39 is 0 Å². The van der Waals surface area contributed by atoms with E-state index in [4.69, 9.17) is 5.11 Å². The predicted molar refractivity (Wildman–Crippen MR) is 83.6 cm³/mol. The third-order valence-electron chi connectivity index (χ3n) is 2.91. The molecule has 21 heavy (non-hydrogen) atoms. The van der Waals surface area contributed by atoms with Crippen LogP contribution in [-0.4, -0.2) is 27.4 Å². The van der Waals surface area contributed by atoms with Gasteiger partial charge in [0.2, 0.25) is 0 Å². The molecule has 2 rings (SSSR count). The predicted octanol–water partition coefficient (Wildman–Crippen LogP) is 1.95. The molecule has 0 atom stereocenters. The van der Waals surface area contributed by atoms with Crippen molar-refractivity contribution < 1.29 is 9.90 Å². The van der Waals surface area contributed by atoms with E-state index >= 15 is 0 Å². The summed E-state index contributed by atoms with van der Waals surface area (Å²) >= 11 is 1.32. The molecule has 0 bridgehead atoms. The maximum atomic E-state index is 12.3. The van der Waals surface area contributed by atoms with Gasteiger partial charge in [-0.3, -0.25) is 9.48 Å². The summed E-state index contributed by atoms with van der Waals surface area (Å²) in [5.74, 6) is 5.29. The molecule has 0 saturated heterocycles. The SMILES string of the molecule is CCc1nn(C)cc1NC(=O)c1cc(C)c(C#CCO)s1. The maximum Gasteiger partial charge on any atom is 0.265 e. The number of nitrogens with one attached hydrogen (secondary N) is 1. The molecule has 0 aromatic carbocycles. The van der Waals surface area contributed by atoms with Gasteiger partial charge in [0.25, 0.3) is 5.91 Å². The van der Waals surface area contributed by atoms with E-state index in [0.717, 1.165) is 28.2 Å². The van der Waals surface area contributed by atoms with Gasteiger partial charge in [-0.15, -0.1) is 11.3 Å². The van der Waals surface area contributed by atoms with Crippen molar-refractivity contribution in [3.05, 3.63) is 33.3 Å². The molecule has 0 saturated carbocycles. The number of carbonyl (C=O) groups excluding carboxylic acids is 1. The molecular weight excluding hydrogens is 286 g/mol. The molecule has 0 aliphatic heterocycles. The molecule has 2 heterocycles. The van der Waals surface area contributed by atoms with Gasteiger partial charge in [-0.2, -0.15) is 5.10 Å². The largest absolute Gasteiger partial charge is 0.384 e. The van der Waals surface area contributed by atoms with Crippen molar-refractivity contribution in [2.75, 3.05) is 11.9 Å². The highest BCUT2D eigenvalue weighted by Gasteiger charge is 2.14. The monoisotopic (exact) mass is 303 g/mol. The molecule has 6 heteroatoms. The van der Waals surface area contributed by atoms with Gasteiger partial charge in [0, 0.05) is 13.2 Å². The first-order valence-corrected chi connectivity index (χ1v) is 7.40. The normalized spacial score (nSPS) is 10.1. The second-order valence-corrected chi connectivity index (χ2v) is 5.61. The van der Waals surface area contributed by atoms with E-state index in [0.29, 0.717) is 4.88 Å². The zero-order chi connectivity index (χ0) is 15.4. The Morgan fingerprint density at radius 3 is 3.00 bits per heavy atom. The fourth-order valence-electron chi connectivity index (χ4n) is 1.92. The third kappa shape index (κ3) is 3.51. The first-order valence-electron chi connectivity index (χ1n) is 6.59. The first-order chi connectivity index (χ1) is 10.0. The zero-order valence-corrected chi connectivity index (χ0v) is 13.0. The first kappa shape index (κ1) is 15.3. The van der Waals surface area contributed by atoms with Crippen molar-refractivity contribution in [2.24, 2.45) is 7.05 Å². The summed E-state index contributed by atoms with van der Waals surface area (Å²) in [7, 11) is 1.83. The van der Waals surface area contributed by atoms with E-state index in [-0.39, 0.29) is 12.5 Å². The standard InChI is InChI=1S/C15H17N3O2S/c1-4-11-12(9-18(3)17-11)16-15(20)14-8-10(2)13(21-14)6-5-7-19/h8-9,19H,4,7H2,1-3H3,(H,16,20). The lowest BCUT2D eigenvalue weighted by Gasteiger charge is -2.01. The summed E-state index contributed by atoms with van der Waals surface area (Å²) in [6, 6.07) is 1.81. The Morgan fingerprint density at radius 1 is 1.57 bits per heavy atom. The molecule has 110 valence electrons. The van der Waals surface area contributed by atoms with E-state index in [1.165, 1.54) is 11.3 Å². The summed E-state index contributed by atoms with van der Waals surface area (Å²) < 4.78 is 1.69. The van der Waals surface area contributed by atoms with Gasteiger partial charge in [-0.25, -0.2) is 0 Å². The van der Waals surface area contributed by atoms with E-state index in [9.17, 15) is 4.79 Å². The zero-order valence-electron chi connectivity index (χ0n) is 12.2. The highest BCUT2D eigenvalue weighted by atomic mass is 32.1. The summed E-state index contributed by atoms with van der Waals surface area (Å²) in [5, 5.41) is 15.9. The number of hydrogen-bond acceptors (Lipinski definition) is 4. The Hall–Kier alpha value is -2.10. The lowest BCUT2D eigenvalue weighted by atomic mass is 10.2. The number of amides is 1. The smallest absolute Gasteiger partial charge is 0.265 e. The average molecular weight is 303 g/mol. The van der Waals surface area contributed by atoms with Gasteiger partial charge in [0.15, 0.2) is 0 Å². The van der Waals surface area contributed by atoms with Crippen LogP contribution in [0.25, 0.3) is 0 Å². The summed E-state index contributed by atoms with van der Waals surface area (Å²) in [4.78, 5) is 13.7. The van der Waals surface area contributed by atoms with Crippen LogP contribution in [0.5, 0.6) is 0 Å². The summed E-state index contributed by atoms with van der Waals surface area (Å²) in [5.41, 5.74) is 2.53. The minimum atomic E-state index is -0.186. The van der Waals surface area contributed by atoms with Crippen LogP contribution >= 0.6 is 11.3 Å². The Kier molecular flexibility index (Phi) is 4.78. The fourth-order valence-corrected chi connectivity index (χ4v) is 2.86. The molecular formula is C15H17N3O2S. The third-order valence-corrected chi connectivity index (χ3v) is 4.06. The van der Waals surface area contributed by atoms with Crippen molar-refractivity contribution in [1.82, 2.24) is 9.78 Å². The second-order valence-electron chi connectivity index (χ2n) is 4.55. The summed E-state index contributed by atoms with van der Waals surface area (Å²) in [6.07, 6.45) is 2.55. The fraction of sp³-hybridized carbons (Fsp3) is 0.333. The van der Waals surface area contributed by atoms with Gasteiger partial charge in [-0.1, -0.05) is 18.8 Å². The molecule has 2 N–H and O–H groups in total. The average Bonchev–Trinajstić information content (AvgIpc) is 2.99. The number of thiophene rings is 1. The molecule has 0 spiro atoms. The Bertz CT molecular complexity index is 719. The van der Waals surface area contributed by atoms with Gasteiger partial charge < -0.3 is 10.4 Å². The number of anilines is 1. The minimum Gasteiger partial charge on any atom is -0.384 e. The number of aromatic nitrogens is 2. The van der Waals surface area contributed by atoms with Crippen molar-refractivity contribution in [3.8, 4) is 11.8 Å². The molecule has 1 amide bonds. The van der Waals surface area contributed by atoms with Gasteiger partial charge in [0.05, 0.1) is 21.1 Å². The van der Waals surface area contributed by atoms with Crippen LogP contribution in [0, 0.1) is 18.8 Å². The molecule has 2 aromatic rings. The van der Waals surface area contributed by atoms with E-state index in [1.54, 1.807) is 10.9 Å². The number of carbonyl (C=O) groups is 1. The quantitative estimate of drug-likeness (QED) is 0.852. The van der Waals surface area contributed by atoms with Crippen molar-refractivity contribution >= 4 is 22.9 Å². The number of hydrogen-bond donors (Lipinski definition) is 2. The van der Waals surface area contributed by atoms with Crippen LogP contribution in [0.2, 0.25) is 0 Å².